The lowest BCUT2D eigenvalue weighted by atomic mass is 10.1. The van der Waals surface area contributed by atoms with Crippen molar-refractivity contribution < 1.29 is 19.1 Å². The van der Waals surface area contributed by atoms with E-state index in [9.17, 15) is 9.59 Å². The molecule has 0 aliphatic carbocycles. The first-order valence-electron chi connectivity index (χ1n) is 8.95. The van der Waals surface area contributed by atoms with Gasteiger partial charge in [-0.05, 0) is 61.2 Å². The smallest absolute Gasteiger partial charge is 0.276 e. The molecule has 0 atom stereocenters. The van der Waals surface area contributed by atoms with Crippen LogP contribution in [0.2, 0.25) is 0 Å². The maximum absolute atomic E-state index is 12.1. The monoisotopic (exact) mass is 370 g/mol. The standard InChI is InChI=1S/C21H26N2O4/c1-15(2)11-12-26-18-9-7-17(8-10-18)21(25)23-22-20(24)14-27-19-6-4-5-16(3)13-19/h4-10,13,15H,11-12,14H2,1-3H3,(H,22,24)(H,23,25). The van der Waals surface area contributed by atoms with Gasteiger partial charge >= 0.3 is 0 Å². The molecular formula is C21H26N2O4. The minimum Gasteiger partial charge on any atom is -0.494 e. The number of amides is 2. The number of carbonyl (C=O) groups is 2. The third-order valence-electron chi connectivity index (χ3n) is 3.76. The second-order valence-electron chi connectivity index (χ2n) is 6.66. The summed E-state index contributed by atoms with van der Waals surface area (Å²) in [6, 6.07) is 14.1. The normalized spacial score (nSPS) is 10.4. The molecule has 0 saturated carbocycles. The Bertz CT molecular complexity index is 757. The maximum atomic E-state index is 12.1. The molecule has 0 aliphatic rings. The Morgan fingerprint density at radius 3 is 2.37 bits per heavy atom. The summed E-state index contributed by atoms with van der Waals surface area (Å²) in [5.74, 6) is 1.03. The molecule has 2 N–H and O–H groups in total. The highest BCUT2D eigenvalue weighted by Gasteiger charge is 2.08. The predicted octanol–water partition coefficient (Wildman–Crippen LogP) is 3.26. The molecule has 2 rings (SSSR count). The Kier molecular flexibility index (Phi) is 7.67. The van der Waals surface area contributed by atoms with Gasteiger partial charge in [0.05, 0.1) is 6.61 Å². The number of hydrogen-bond donors (Lipinski definition) is 2. The third-order valence-corrected chi connectivity index (χ3v) is 3.76. The van der Waals surface area contributed by atoms with E-state index in [1.807, 2.05) is 25.1 Å². The van der Waals surface area contributed by atoms with Gasteiger partial charge in [-0.25, -0.2) is 0 Å². The van der Waals surface area contributed by atoms with Crippen LogP contribution in [-0.2, 0) is 4.79 Å². The summed E-state index contributed by atoms with van der Waals surface area (Å²) in [6.45, 7) is 6.66. The van der Waals surface area contributed by atoms with Crippen molar-refractivity contribution in [2.24, 2.45) is 5.92 Å². The van der Waals surface area contributed by atoms with Crippen molar-refractivity contribution in [1.82, 2.24) is 10.9 Å². The van der Waals surface area contributed by atoms with Gasteiger partial charge in [0, 0.05) is 5.56 Å². The average molecular weight is 370 g/mol. The Hall–Kier alpha value is -3.02. The van der Waals surface area contributed by atoms with Gasteiger partial charge in [0.2, 0.25) is 0 Å². The molecule has 6 heteroatoms. The lowest BCUT2D eigenvalue weighted by Gasteiger charge is -2.10. The topological polar surface area (TPSA) is 76.7 Å². The van der Waals surface area contributed by atoms with Gasteiger partial charge in [-0.2, -0.15) is 0 Å². The molecule has 0 aliphatic heterocycles. The predicted molar refractivity (Wildman–Crippen MR) is 104 cm³/mol. The third kappa shape index (κ3) is 7.40. The van der Waals surface area contributed by atoms with Gasteiger partial charge in [0.15, 0.2) is 6.61 Å². The Morgan fingerprint density at radius 2 is 1.70 bits per heavy atom. The molecule has 0 unspecified atom stereocenters. The molecule has 27 heavy (non-hydrogen) atoms. The van der Waals surface area contributed by atoms with Crippen LogP contribution in [-0.4, -0.2) is 25.0 Å². The van der Waals surface area contributed by atoms with E-state index >= 15 is 0 Å². The van der Waals surface area contributed by atoms with Gasteiger partial charge in [0.1, 0.15) is 11.5 Å². The lowest BCUT2D eigenvalue weighted by Crippen LogP contribution is -2.43. The van der Waals surface area contributed by atoms with Crippen LogP contribution < -0.4 is 20.3 Å². The zero-order valence-electron chi connectivity index (χ0n) is 16.0. The van der Waals surface area contributed by atoms with Crippen molar-refractivity contribution in [2.75, 3.05) is 13.2 Å². The highest BCUT2D eigenvalue weighted by molar-refractivity contribution is 5.95. The number of aryl methyl sites for hydroxylation is 1. The molecule has 0 spiro atoms. The van der Waals surface area contributed by atoms with Crippen LogP contribution in [0.4, 0.5) is 0 Å². The average Bonchev–Trinajstić information content (AvgIpc) is 2.65. The SMILES string of the molecule is Cc1cccc(OCC(=O)NNC(=O)c2ccc(OCCC(C)C)cc2)c1. The summed E-state index contributed by atoms with van der Waals surface area (Å²) >= 11 is 0. The zero-order chi connectivity index (χ0) is 19.6. The molecule has 0 bridgehead atoms. The highest BCUT2D eigenvalue weighted by Crippen LogP contribution is 2.13. The second-order valence-corrected chi connectivity index (χ2v) is 6.66. The molecule has 0 saturated heterocycles. The van der Waals surface area contributed by atoms with Crippen LogP contribution in [0.15, 0.2) is 48.5 Å². The summed E-state index contributed by atoms with van der Waals surface area (Å²) in [6.07, 6.45) is 0.971. The number of nitrogens with one attached hydrogen (secondary N) is 2. The van der Waals surface area contributed by atoms with Crippen LogP contribution in [0.25, 0.3) is 0 Å². The van der Waals surface area contributed by atoms with E-state index in [-0.39, 0.29) is 6.61 Å². The summed E-state index contributed by atoms with van der Waals surface area (Å²) < 4.78 is 11.0. The van der Waals surface area contributed by atoms with Gasteiger partial charge in [-0.1, -0.05) is 26.0 Å². The van der Waals surface area contributed by atoms with E-state index in [0.717, 1.165) is 12.0 Å². The van der Waals surface area contributed by atoms with Crippen molar-refractivity contribution in [1.29, 1.82) is 0 Å². The van der Waals surface area contributed by atoms with Crippen LogP contribution in [0.3, 0.4) is 0 Å². The maximum Gasteiger partial charge on any atom is 0.276 e. The molecule has 6 nitrogen and oxygen atoms in total. The largest absolute Gasteiger partial charge is 0.494 e. The molecule has 0 radical (unpaired) electrons. The van der Waals surface area contributed by atoms with Crippen LogP contribution >= 0.6 is 0 Å². The van der Waals surface area contributed by atoms with E-state index in [0.29, 0.717) is 29.6 Å². The number of hydrogen-bond acceptors (Lipinski definition) is 4. The molecular weight excluding hydrogens is 344 g/mol. The number of benzene rings is 2. The number of hydrazine groups is 1. The fraction of sp³-hybridized carbons (Fsp3) is 0.333. The fourth-order valence-electron chi connectivity index (χ4n) is 2.20. The van der Waals surface area contributed by atoms with Crippen molar-refractivity contribution in [3.05, 3.63) is 59.7 Å². The fourth-order valence-corrected chi connectivity index (χ4v) is 2.20. The van der Waals surface area contributed by atoms with E-state index in [1.165, 1.54) is 0 Å². The minimum absolute atomic E-state index is 0.188. The number of ether oxygens (including phenoxy) is 2. The number of rotatable bonds is 8. The van der Waals surface area contributed by atoms with Crippen molar-refractivity contribution >= 4 is 11.8 Å². The van der Waals surface area contributed by atoms with Gasteiger partial charge < -0.3 is 9.47 Å². The van der Waals surface area contributed by atoms with Crippen LogP contribution in [0.5, 0.6) is 11.5 Å². The van der Waals surface area contributed by atoms with E-state index in [2.05, 4.69) is 24.7 Å². The quantitative estimate of drug-likeness (QED) is 0.699. The zero-order valence-corrected chi connectivity index (χ0v) is 16.0. The minimum atomic E-state index is -0.446. The van der Waals surface area contributed by atoms with Crippen molar-refractivity contribution in [3.8, 4) is 11.5 Å². The molecule has 2 aromatic carbocycles. The summed E-state index contributed by atoms with van der Waals surface area (Å²) in [5.41, 5.74) is 6.16. The lowest BCUT2D eigenvalue weighted by molar-refractivity contribution is -0.123. The van der Waals surface area contributed by atoms with E-state index < -0.39 is 11.8 Å². The second kappa shape index (κ2) is 10.2. The summed E-state index contributed by atoms with van der Waals surface area (Å²) in [7, 11) is 0. The van der Waals surface area contributed by atoms with E-state index in [1.54, 1.807) is 30.3 Å². The van der Waals surface area contributed by atoms with Crippen LogP contribution in [0.1, 0.15) is 36.2 Å². The molecule has 0 fully saturated rings. The molecule has 2 aromatic rings. The first-order chi connectivity index (χ1) is 12.9. The summed E-state index contributed by atoms with van der Waals surface area (Å²) in [5, 5.41) is 0. The Labute approximate surface area is 159 Å². The van der Waals surface area contributed by atoms with Gasteiger partial charge in [-0.15, -0.1) is 0 Å². The van der Waals surface area contributed by atoms with E-state index in [4.69, 9.17) is 9.47 Å². The highest BCUT2D eigenvalue weighted by atomic mass is 16.5. The Balaban J connectivity index is 1.73. The number of carbonyl (C=O) groups excluding carboxylic acids is 2. The summed E-state index contributed by atoms with van der Waals surface area (Å²) in [4.78, 5) is 23.9. The first-order valence-corrected chi connectivity index (χ1v) is 8.95. The van der Waals surface area contributed by atoms with Gasteiger partial charge in [0.25, 0.3) is 11.8 Å². The molecule has 144 valence electrons. The van der Waals surface area contributed by atoms with Crippen molar-refractivity contribution in [3.63, 3.8) is 0 Å². The molecule has 0 aromatic heterocycles. The van der Waals surface area contributed by atoms with Crippen LogP contribution in [0, 0.1) is 12.8 Å². The van der Waals surface area contributed by atoms with Gasteiger partial charge in [-0.3, -0.25) is 20.4 Å². The first kappa shape index (κ1) is 20.3. The Morgan fingerprint density at radius 1 is 0.963 bits per heavy atom. The molecule has 2 amide bonds. The molecule has 0 heterocycles. The van der Waals surface area contributed by atoms with Crippen molar-refractivity contribution in [2.45, 2.75) is 27.2 Å².